The molecule has 3 heterocycles. The van der Waals surface area contributed by atoms with Gasteiger partial charge in [-0.2, -0.15) is 5.26 Å². The van der Waals surface area contributed by atoms with Gasteiger partial charge in [0.2, 0.25) is 0 Å². The number of nitrogens with zero attached hydrogens (tertiary/aromatic N) is 6. The summed E-state index contributed by atoms with van der Waals surface area (Å²) in [5.74, 6) is 1.47. The molecule has 2 atom stereocenters. The van der Waals surface area contributed by atoms with Crippen LogP contribution in [0.3, 0.4) is 0 Å². The third-order valence-corrected chi connectivity index (χ3v) is 12.3. The molecule has 11 nitrogen and oxygen atoms in total. The van der Waals surface area contributed by atoms with E-state index in [1.54, 1.807) is 26.6 Å². The molecule has 0 aliphatic carbocycles. The molecule has 0 amide bonds. The second-order valence-corrected chi connectivity index (χ2v) is 15.9. The van der Waals surface area contributed by atoms with E-state index < -0.39 is 20.2 Å². The van der Waals surface area contributed by atoms with E-state index >= 15 is 0 Å². The van der Waals surface area contributed by atoms with Crippen LogP contribution in [0.15, 0.2) is 122 Å². The van der Waals surface area contributed by atoms with Crippen molar-refractivity contribution >= 4 is 41.4 Å². The van der Waals surface area contributed by atoms with Crippen molar-refractivity contribution in [2.75, 3.05) is 27.4 Å². The first-order valence-electron chi connectivity index (χ1n) is 19.5. The highest BCUT2D eigenvalue weighted by Gasteiger charge is 2.40. The number of pyridine rings is 2. The summed E-state index contributed by atoms with van der Waals surface area (Å²) in [6, 6.07) is 36.6. The van der Waals surface area contributed by atoms with E-state index in [1.165, 1.54) is 0 Å². The van der Waals surface area contributed by atoms with Gasteiger partial charge in [-0.25, -0.2) is 9.65 Å². The van der Waals surface area contributed by atoms with Crippen LogP contribution in [0.4, 0.5) is 0 Å². The first kappa shape index (κ1) is 40.7. The summed E-state index contributed by atoms with van der Waals surface area (Å²) in [5, 5.41) is 11.3. The molecule has 7 rings (SSSR count). The molecular weight excluding hydrogens is 748 g/mol. The normalized spacial score (nSPS) is 13.1. The van der Waals surface area contributed by atoms with Crippen LogP contribution in [0.1, 0.15) is 50.8 Å². The number of hydrogen-bond donors (Lipinski definition) is 0. The number of nitriles is 1. The molecule has 0 spiro atoms. The van der Waals surface area contributed by atoms with E-state index in [0.29, 0.717) is 6.54 Å². The third kappa shape index (κ3) is 8.26. The zero-order chi connectivity index (χ0) is 40.6. The minimum Gasteiger partial charge on any atom is -0.497 e. The Hall–Kier alpha value is -5.47. The summed E-state index contributed by atoms with van der Waals surface area (Å²) in [6.45, 7) is 9.27. The van der Waals surface area contributed by atoms with Crippen LogP contribution in [0.5, 0.6) is 11.5 Å². The van der Waals surface area contributed by atoms with Gasteiger partial charge in [-0.1, -0.05) is 54.6 Å². The van der Waals surface area contributed by atoms with Gasteiger partial charge in [-0.05, 0) is 92.9 Å². The Kier molecular flexibility index (Phi) is 12.9. The SMILES string of the molecule is COc1ccc(C(OC[C@@H](Cn2cnc3c4cccnc4c4ncccc4c32)OP(OCCC#N)N(C(C)C)C(C)C)(c2ccccc2)c2ccc(OC)cc2)cc1. The Morgan fingerprint density at radius 1 is 0.707 bits per heavy atom. The van der Waals surface area contributed by atoms with E-state index in [9.17, 15) is 5.26 Å². The van der Waals surface area contributed by atoms with Crippen molar-refractivity contribution in [3.8, 4) is 17.6 Å². The summed E-state index contributed by atoms with van der Waals surface area (Å²) in [6.07, 6.45) is 5.11. The van der Waals surface area contributed by atoms with Crippen molar-refractivity contribution < 1.29 is 23.3 Å². The number of imidazole rings is 1. The van der Waals surface area contributed by atoms with Crippen molar-refractivity contribution in [3.63, 3.8) is 0 Å². The standard InChI is InChI=1S/C46H49N6O5P/c1-32(2)52(33(3)4)58(56-28-12-25-47)57-39(29-51-31-50-44-40-15-10-26-48-42(40)43-41(45(44)51)16-11-27-49-43)30-55-46(34-13-8-7-9-14-34,35-17-21-37(53-5)22-18-35)36-19-23-38(54-6)24-20-36/h7-11,13-24,26-27,31-33,39H,12,28-30H2,1-6H3/t39-,58?/m1/s1. The molecule has 0 aliphatic rings. The van der Waals surface area contributed by atoms with E-state index in [4.69, 9.17) is 38.2 Å². The average Bonchev–Trinajstić information content (AvgIpc) is 3.68. The first-order valence-corrected chi connectivity index (χ1v) is 20.6. The van der Waals surface area contributed by atoms with Crippen molar-refractivity contribution in [3.05, 3.63) is 139 Å². The molecule has 0 fully saturated rings. The van der Waals surface area contributed by atoms with Gasteiger partial charge in [0.1, 0.15) is 23.2 Å². The molecule has 4 aromatic carbocycles. The highest BCUT2D eigenvalue weighted by molar-refractivity contribution is 7.44. The monoisotopic (exact) mass is 796 g/mol. The zero-order valence-corrected chi connectivity index (χ0v) is 34.7. The molecule has 0 saturated carbocycles. The van der Waals surface area contributed by atoms with Gasteiger partial charge in [-0.3, -0.25) is 9.97 Å². The second-order valence-electron chi connectivity index (χ2n) is 14.5. The van der Waals surface area contributed by atoms with Gasteiger partial charge < -0.3 is 27.8 Å². The Morgan fingerprint density at radius 2 is 1.28 bits per heavy atom. The molecule has 1 unspecified atom stereocenters. The van der Waals surface area contributed by atoms with Crippen molar-refractivity contribution in [2.24, 2.45) is 0 Å². The van der Waals surface area contributed by atoms with Crippen LogP contribution in [-0.4, -0.2) is 69.8 Å². The lowest BCUT2D eigenvalue weighted by molar-refractivity contribution is -0.0381. The predicted octanol–water partition coefficient (Wildman–Crippen LogP) is 9.82. The molecule has 12 heteroatoms. The van der Waals surface area contributed by atoms with E-state index in [1.807, 2.05) is 91.3 Å². The van der Waals surface area contributed by atoms with Gasteiger partial charge >= 0.3 is 0 Å². The van der Waals surface area contributed by atoms with Gasteiger partial charge in [0.15, 0.2) is 0 Å². The molecule has 58 heavy (non-hydrogen) atoms. The maximum Gasteiger partial charge on any atom is 0.259 e. The number of benzene rings is 4. The fourth-order valence-corrected chi connectivity index (χ4v) is 9.31. The van der Waals surface area contributed by atoms with Crippen molar-refractivity contribution in [1.82, 2.24) is 24.2 Å². The van der Waals surface area contributed by atoms with Gasteiger partial charge in [-0.15, -0.1) is 0 Å². The molecule has 3 aromatic heterocycles. The van der Waals surface area contributed by atoms with Gasteiger partial charge in [0.25, 0.3) is 8.53 Å². The van der Waals surface area contributed by atoms with Crippen LogP contribution >= 0.6 is 8.53 Å². The molecule has 0 saturated heterocycles. The maximum absolute atomic E-state index is 9.48. The zero-order valence-electron chi connectivity index (χ0n) is 33.8. The van der Waals surface area contributed by atoms with Gasteiger partial charge in [0.05, 0.1) is 74.9 Å². The highest BCUT2D eigenvalue weighted by Crippen LogP contribution is 2.48. The van der Waals surface area contributed by atoms with E-state index in [2.05, 4.69) is 61.2 Å². The summed E-state index contributed by atoms with van der Waals surface area (Å²) >= 11 is 0. The van der Waals surface area contributed by atoms with Crippen molar-refractivity contribution in [2.45, 2.75) is 64.4 Å². The molecule has 0 aliphatic heterocycles. The minimum atomic E-state index is -1.65. The molecule has 0 N–H and O–H groups in total. The molecule has 7 aromatic rings. The molecule has 0 radical (unpaired) electrons. The Labute approximate surface area is 341 Å². The third-order valence-electron chi connectivity index (χ3n) is 10.1. The smallest absolute Gasteiger partial charge is 0.259 e. The number of aromatic nitrogens is 4. The number of rotatable bonds is 18. The molecule has 298 valence electrons. The van der Waals surface area contributed by atoms with E-state index in [-0.39, 0.29) is 31.7 Å². The minimum absolute atomic E-state index is 0.0970. The fourth-order valence-electron chi connectivity index (χ4n) is 7.62. The number of fused-ring (bicyclic) bond motifs is 6. The number of methoxy groups -OCH3 is 2. The summed E-state index contributed by atoms with van der Waals surface area (Å²) < 4.78 is 36.7. The van der Waals surface area contributed by atoms with E-state index in [0.717, 1.165) is 61.0 Å². The fraction of sp³-hybridized carbons (Fsp3) is 0.304. The van der Waals surface area contributed by atoms with Crippen LogP contribution in [0.2, 0.25) is 0 Å². The summed E-state index contributed by atoms with van der Waals surface area (Å²) in [4.78, 5) is 14.5. The number of hydrogen-bond acceptors (Lipinski definition) is 10. The van der Waals surface area contributed by atoms with Crippen molar-refractivity contribution in [1.29, 1.82) is 5.26 Å². The lowest BCUT2D eigenvalue weighted by Gasteiger charge is -2.39. The van der Waals surface area contributed by atoms with Gasteiger partial charge in [0, 0.05) is 35.2 Å². The van der Waals surface area contributed by atoms with Crippen LogP contribution in [0, 0.1) is 11.3 Å². The topological polar surface area (TPSA) is 117 Å². The largest absolute Gasteiger partial charge is 0.497 e. The second kappa shape index (κ2) is 18.4. The van der Waals surface area contributed by atoms with Crippen LogP contribution in [-0.2, 0) is 25.9 Å². The summed E-state index contributed by atoms with van der Waals surface area (Å²) in [7, 11) is 1.67. The quantitative estimate of drug-likeness (QED) is 0.0360. The van der Waals surface area contributed by atoms with Crippen LogP contribution < -0.4 is 9.47 Å². The Morgan fingerprint density at radius 3 is 1.84 bits per heavy atom. The highest BCUT2D eigenvalue weighted by atomic mass is 31.2. The maximum atomic E-state index is 9.48. The molecule has 0 bridgehead atoms. The number of ether oxygens (including phenoxy) is 3. The first-order chi connectivity index (χ1) is 28.3. The summed E-state index contributed by atoms with van der Waals surface area (Å²) in [5.41, 5.74) is 5.03. The Balaban J connectivity index is 1.39. The lowest BCUT2D eigenvalue weighted by Crippen LogP contribution is -2.39. The molecular formula is C46H49N6O5P. The average molecular weight is 797 g/mol. The predicted molar refractivity (Wildman–Crippen MR) is 229 cm³/mol. The van der Waals surface area contributed by atoms with Crippen LogP contribution in [0.25, 0.3) is 32.8 Å². The lowest BCUT2D eigenvalue weighted by atomic mass is 9.80. The Bertz CT molecular complexity index is 2410.